The Morgan fingerprint density at radius 1 is 1.46 bits per heavy atom. The van der Waals surface area contributed by atoms with Crippen molar-refractivity contribution in [2.75, 3.05) is 19.6 Å². The van der Waals surface area contributed by atoms with Crippen LogP contribution < -0.4 is 5.32 Å². The lowest BCUT2D eigenvalue weighted by molar-refractivity contribution is -0.129. The molecule has 1 saturated carbocycles. The van der Waals surface area contributed by atoms with Crippen molar-refractivity contribution >= 4 is 5.91 Å². The Morgan fingerprint density at radius 3 is 2.77 bits per heavy atom. The van der Waals surface area contributed by atoms with Crippen LogP contribution in [0.25, 0.3) is 0 Å². The van der Waals surface area contributed by atoms with E-state index in [0.29, 0.717) is 25.7 Å². The molecule has 0 bridgehead atoms. The van der Waals surface area contributed by atoms with Crippen LogP contribution in [0.15, 0.2) is 0 Å². The monoisotopic (exact) mass is 184 g/mol. The van der Waals surface area contributed by atoms with Crippen LogP contribution in [0, 0.1) is 0 Å². The summed E-state index contributed by atoms with van der Waals surface area (Å²) in [5.74, 6) is 0.128. The third-order valence-electron chi connectivity index (χ3n) is 2.64. The van der Waals surface area contributed by atoms with Crippen molar-refractivity contribution in [1.82, 2.24) is 10.2 Å². The van der Waals surface area contributed by atoms with Crippen LogP contribution in [0.4, 0.5) is 0 Å². The first kappa shape index (κ1) is 8.97. The SMILES string of the molecule is O=C(CNC1CC1)N1CC[C@H](O)C1. The minimum atomic E-state index is -0.301. The molecule has 1 saturated heterocycles. The van der Waals surface area contributed by atoms with Gasteiger partial charge < -0.3 is 15.3 Å². The van der Waals surface area contributed by atoms with Crippen molar-refractivity contribution in [2.45, 2.75) is 31.4 Å². The molecule has 1 aliphatic heterocycles. The lowest BCUT2D eigenvalue weighted by Gasteiger charge is -2.15. The Kier molecular flexibility index (Phi) is 2.51. The largest absolute Gasteiger partial charge is 0.391 e. The van der Waals surface area contributed by atoms with Crippen molar-refractivity contribution < 1.29 is 9.90 Å². The van der Waals surface area contributed by atoms with E-state index in [9.17, 15) is 9.90 Å². The van der Waals surface area contributed by atoms with Crippen LogP contribution >= 0.6 is 0 Å². The molecule has 1 atom stereocenters. The van der Waals surface area contributed by atoms with Crippen molar-refractivity contribution in [2.24, 2.45) is 0 Å². The molecular weight excluding hydrogens is 168 g/mol. The summed E-state index contributed by atoms with van der Waals surface area (Å²) in [4.78, 5) is 13.2. The first-order valence-electron chi connectivity index (χ1n) is 4.95. The Balaban J connectivity index is 1.69. The number of rotatable bonds is 3. The second kappa shape index (κ2) is 3.64. The van der Waals surface area contributed by atoms with Crippen LogP contribution in [0.5, 0.6) is 0 Å². The van der Waals surface area contributed by atoms with Crippen molar-refractivity contribution in [3.05, 3.63) is 0 Å². The highest BCUT2D eigenvalue weighted by atomic mass is 16.3. The van der Waals surface area contributed by atoms with Gasteiger partial charge in [-0.3, -0.25) is 4.79 Å². The summed E-state index contributed by atoms with van der Waals surface area (Å²) in [5, 5.41) is 12.4. The molecule has 0 radical (unpaired) electrons. The van der Waals surface area contributed by atoms with Gasteiger partial charge in [0.25, 0.3) is 0 Å². The van der Waals surface area contributed by atoms with Gasteiger partial charge >= 0.3 is 0 Å². The van der Waals surface area contributed by atoms with Crippen molar-refractivity contribution in [3.63, 3.8) is 0 Å². The second-order valence-corrected chi connectivity index (χ2v) is 3.94. The number of aliphatic hydroxyl groups excluding tert-OH is 1. The highest BCUT2D eigenvalue weighted by molar-refractivity contribution is 5.78. The summed E-state index contributed by atoms with van der Waals surface area (Å²) in [6.07, 6.45) is 2.84. The predicted octanol–water partition coefficient (Wildman–Crippen LogP) is -0.668. The molecule has 1 heterocycles. The number of nitrogens with zero attached hydrogens (tertiary/aromatic N) is 1. The topological polar surface area (TPSA) is 52.6 Å². The number of aliphatic hydroxyl groups is 1. The minimum Gasteiger partial charge on any atom is -0.391 e. The predicted molar refractivity (Wildman–Crippen MR) is 48.2 cm³/mol. The molecule has 2 fully saturated rings. The van der Waals surface area contributed by atoms with E-state index in [4.69, 9.17) is 0 Å². The molecular formula is C9H16N2O2. The molecule has 0 aromatic rings. The zero-order valence-corrected chi connectivity index (χ0v) is 7.70. The van der Waals surface area contributed by atoms with Gasteiger partial charge in [0.1, 0.15) is 0 Å². The number of carbonyl (C=O) groups is 1. The van der Waals surface area contributed by atoms with Gasteiger partial charge in [0.15, 0.2) is 0 Å². The van der Waals surface area contributed by atoms with E-state index < -0.39 is 0 Å². The lowest BCUT2D eigenvalue weighted by atomic mass is 10.3. The summed E-state index contributed by atoms with van der Waals surface area (Å²) in [5.41, 5.74) is 0. The fraction of sp³-hybridized carbons (Fsp3) is 0.889. The maximum Gasteiger partial charge on any atom is 0.236 e. The lowest BCUT2D eigenvalue weighted by Crippen LogP contribution is -2.37. The standard InChI is InChI=1S/C9H16N2O2/c12-8-3-4-11(6-8)9(13)5-10-7-1-2-7/h7-8,10,12H,1-6H2/t8-/m0/s1. The summed E-state index contributed by atoms with van der Waals surface area (Å²) in [6.45, 7) is 1.68. The van der Waals surface area contributed by atoms with Gasteiger partial charge in [-0.25, -0.2) is 0 Å². The number of nitrogens with one attached hydrogen (secondary N) is 1. The van der Waals surface area contributed by atoms with Gasteiger partial charge in [-0.2, -0.15) is 0 Å². The van der Waals surface area contributed by atoms with Gasteiger partial charge in [0.2, 0.25) is 5.91 Å². The van der Waals surface area contributed by atoms with E-state index in [-0.39, 0.29) is 12.0 Å². The Morgan fingerprint density at radius 2 is 2.23 bits per heavy atom. The molecule has 2 N–H and O–H groups in total. The number of β-amino-alcohol motifs (C(OH)–C–C–N with tert-alkyl or cyclic N) is 1. The Labute approximate surface area is 77.9 Å². The highest BCUT2D eigenvalue weighted by Crippen LogP contribution is 2.18. The maximum absolute atomic E-state index is 11.5. The average Bonchev–Trinajstić information content (AvgIpc) is 2.84. The minimum absolute atomic E-state index is 0.128. The molecule has 2 rings (SSSR count). The third-order valence-corrected chi connectivity index (χ3v) is 2.64. The molecule has 1 amide bonds. The molecule has 2 aliphatic rings. The third kappa shape index (κ3) is 2.42. The number of likely N-dealkylation sites (tertiary alicyclic amines) is 1. The molecule has 13 heavy (non-hydrogen) atoms. The van der Waals surface area contributed by atoms with E-state index in [1.165, 1.54) is 12.8 Å². The highest BCUT2D eigenvalue weighted by Gasteiger charge is 2.26. The average molecular weight is 184 g/mol. The molecule has 1 aliphatic carbocycles. The molecule has 4 nitrogen and oxygen atoms in total. The number of carbonyl (C=O) groups excluding carboxylic acids is 1. The summed E-state index contributed by atoms with van der Waals surface area (Å²) >= 11 is 0. The molecule has 0 aromatic carbocycles. The Hall–Kier alpha value is -0.610. The van der Waals surface area contributed by atoms with Gasteiger partial charge in [-0.15, -0.1) is 0 Å². The first-order chi connectivity index (χ1) is 6.25. The van der Waals surface area contributed by atoms with Gasteiger partial charge in [-0.1, -0.05) is 0 Å². The summed E-state index contributed by atoms with van der Waals surface area (Å²) in [7, 11) is 0. The quantitative estimate of drug-likeness (QED) is 0.611. The fourth-order valence-electron chi connectivity index (χ4n) is 1.60. The van der Waals surface area contributed by atoms with Crippen LogP contribution in [0.1, 0.15) is 19.3 Å². The van der Waals surface area contributed by atoms with E-state index in [0.717, 1.165) is 6.42 Å². The molecule has 74 valence electrons. The Bertz CT molecular complexity index is 204. The second-order valence-electron chi connectivity index (χ2n) is 3.94. The van der Waals surface area contributed by atoms with Gasteiger partial charge in [0.05, 0.1) is 12.6 Å². The van der Waals surface area contributed by atoms with Crippen molar-refractivity contribution in [1.29, 1.82) is 0 Å². The number of amides is 1. The zero-order valence-electron chi connectivity index (χ0n) is 7.70. The number of hydrogen-bond acceptors (Lipinski definition) is 3. The van der Waals surface area contributed by atoms with Crippen LogP contribution in [0.2, 0.25) is 0 Å². The summed E-state index contributed by atoms with van der Waals surface area (Å²) < 4.78 is 0. The molecule has 0 spiro atoms. The van der Waals surface area contributed by atoms with E-state index in [2.05, 4.69) is 5.32 Å². The molecule has 4 heteroatoms. The summed E-state index contributed by atoms with van der Waals surface area (Å²) in [6, 6.07) is 0.580. The van der Waals surface area contributed by atoms with Gasteiger partial charge in [-0.05, 0) is 19.3 Å². The smallest absolute Gasteiger partial charge is 0.236 e. The van der Waals surface area contributed by atoms with E-state index in [1.54, 1.807) is 4.90 Å². The molecule has 0 aromatic heterocycles. The number of hydrogen-bond donors (Lipinski definition) is 2. The fourth-order valence-corrected chi connectivity index (χ4v) is 1.60. The van der Waals surface area contributed by atoms with Crippen LogP contribution in [0.3, 0.4) is 0 Å². The normalized spacial score (nSPS) is 28.1. The van der Waals surface area contributed by atoms with E-state index in [1.807, 2.05) is 0 Å². The van der Waals surface area contributed by atoms with Crippen LogP contribution in [-0.4, -0.2) is 47.7 Å². The van der Waals surface area contributed by atoms with Gasteiger partial charge in [0, 0.05) is 19.1 Å². The molecule has 0 unspecified atom stereocenters. The zero-order chi connectivity index (χ0) is 9.26. The van der Waals surface area contributed by atoms with Crippen LogP contribution in [-0.2, 0) is 4.79 Å². The first-order valence-corrected chi connectivity index (χ1v) is 4.95. The van der Waals surface area contributed by atoms with Crippen molar-refractivity contribution in [3.8, 4) is 0 Å². The maximum atomic E-state index is 11.5. The van der Waals surface area contributed by atoms with E-state index >= 15 is 0 Å².